The number of aliphatic hydroxyl groups is 1. The summed E-state index contributed by atoms with van der Waals surface area (Å²) in [6.45, 7) is 2.34. The summed E-state index contributed by atoms with van der Waals surface area (Å²) in [5.74, 6) is 1.32. The second kappa shape index (κ2) is 13.0. The van der Waals surface area contributed by atoms with E-state index in [0.717, 1.165) is 37.6 Å². The highest BCUT2D eigenvalue weighted by Crippen LogP contribution is 2.38. The van der Waals surface area contributed by atoms with Crippen molar-refractivity contribution < 1.29 is 33.3 Å². The molecule has 5 aromatic rings. The molecule has 0 aliphatic carbocycles. The molecule has 3 atom stereocenters. The molecule has 2 aromatic heterocycles. The minimum Gasteiger partial charge on any atom is -0.493 e. The molecule has 44 heavy (non-hydrogen) atoms. The lowest BCUT2D eigenvalue weighted by atomic mass is 10.00. The van der Waals surface area contributed by atoms with Crippen LogP contribution in [0.4, 0.5) is 4.79 Å². The number of rotatable bonds is 11. The number of thiophene rings is 1. The quantitative estimate of drug-likeness (QED) is 0.190. The number of aryl methyl sites for hydroxylation is 1. The lowest BCUT2D eigenvalue weighted by Crippen LogP contribution is -2.48. The Kier molecular flexibility index (Phi) is 8.74. The van der Waals surface area contributed by atoms with Crippen molar-refractivity contribution in [1.29, 1.82) is 0 Å². The molecular formula is C34H32N2O7S. The largest absolute Gasteiger partial charge is 0.493 e. The van der Waals surface area contributed by atoms with Gasteiger partial charge in [0, 0.05) is 34.7 Å². The summed E-state index contributed by atoms with van der Waals surface area (Å²) in [4.78, 5) is 32.0. The molecule has 9 nitrogen and oxygen atoms in total. The highest BCUT2D eigenvalue weighted by Gasteiger charge is 2.43. The lowest BCUT2D eigenvalue weighted by molar-refractivity contribution is -0.147. The van der Waals surface area contributed by atoms with Crippen LogP contribution in [-0.4, -0.2) is 59.5 Å². The number of aliphatic hydroxyl groups excluding tert-OH is 1. The summed E-state index contributed by atoms with van der Waals surface area (Å²) < 4.78 is 23.5. The Morgan fingerprint density at radius 1 is 1.09 bits per heavy atom. The van der Waals surface area contributed by atoms with Gasteiger partial charge in [0.15, 0.2) is 6.10 Å². The zero-order valence-electron chi connectivity index (χ0n) is 24.3. The first-order valence-electron chi connectivity index (χ1n) is 14.3. The van der Waals surface area contributed by atoms with Crippen LogP contribution in [-0.2, 0) is 27.1 Å². The number of hydrogen-bond donors (Lipinski definition) is 1. The lowest BCUT2D eigenvalue weighted by Gasteiger charge is -2.27. The summed E-state index contributed by atoms with van der Waals surface area (Å²) in [6, 6.07) is 24.2. The van der Waals surface area contributed by atoms with Gasteiger partial charge in [-0.3, -0.25) is 4.79 Å². The van der Waals surface area contributed by atoms with Crippen LogP contribution in [0.3, 0.4) is 0 Å². The third-order valence-corrected chi connectivity index (χ3v) is 8.70. The second-order valence-electron chi connectivity index (χ2n) is 10.5. The molecule has 1 N–H and O–H groups in total. The Labute approximate surface area is 258 Å². The molecule has 0 radical (unpaired) electrons. The Hall–Kier alpha value is -4.51. The van der Waals surface area contributed by atoms with E-state index in [-0.39, 0.29) is 6.61 Å². The van der Waals surface area contributed by atoms with Crippen molar-refractivity contribution in [3.63, 3.8) is 0 Å². The van der Waals surface area contributed by atoms with Crippen LogP contribution in [0.25, 0.3) is 21.5 Å². The molecule has 1 fully saturated rings. The molecule has 1 aliphatic rings. The number of aromatic nitrogens is 1. The normalized spacial score (nSPS) is 16.2. The number of oxazole rings is 1. The van der Waals surface area contributed by atoms with E-state index < -0.39 is 30.3 Å². The topological polar surface area (TPSA) is 111 Å². The Bertz CT molecular complexity index is 1750. The number of ether oxygens (including phenoxy) is 3. The maximum Gasteiger partial charge on any atom is 0.417 e. The van der Waals surface area contributed by atoms with Crippen LogP contribution in [0.2, 0.25) is 0 Å². The Balaban J connectivity index is 1.16. The van der Waals surface area contributed by atoms with Crippen LogP contribution in [0.15, 0.2) is 88.7 Å². The first-order valence-corrected chi connectivity index (χ1v) is 15.2. The van der Waals surface area contributed by atoms with E-state index in [9.17, 15) is 14.7 Å². The van der Waals surface area contributed by atoms with Crippen molar-refractivity contribution in [1.82, 2.24) is 9.88 Å². The zero-order valence-corrected chi connectivity index (χ0v) is 25.2. The van der Waals surface area contributed by atoms with Gasteiger partial charge in [-0.1, -0.05) is 54.6 Å². The number of fused-ring (bicyclic) bond motifs is 1. The van der Waals surface area contributed by atoms with E-state index in [1.165, 1.54) is 18.4 Å². The van der Waals surface area contributed by atoms with Crippen molar-refractivity contribution in [3.8, 4) is 17.2 Å². The SMILES string of the molecule is CO[C@H](C(=O)N1C(=O)OCC1Cc1ccccc1)[C@H](O)c1ccc(OCCc2nc(-c3ccccc3)oc2C)c2ccsc12. The van der Waals surface area contributed by atoms with E-state index in [1.807, 2.05) is 79.0 Å². The molecule has 1 saturated heterocycles. The monoisotopic (exact) mass is 612 g/mol. The van der Waals surface area contributed by atoms with E-state index in [0.29, 0.717) is 36.7 Å². The second-order valence-corrected chi connectivity index (χ2v) is 11.4. The fourth-order valence-corrected chi connectivity index (χ4v) is 6.43. The maximum absolute atomic E-state index is 13.6. The molecular weight excluding hydrogens is 580 g/mol. The highest BCUT2D eigenvalue weighted by molar-refractivity contribution is 7.17. The van der Waals surface area contributed by atoms with Gasteiger partial charge >= 0.3 is 6.09 Å². The standard InChI is InChI=1S/C34H32N2O7S/c1-21-27(35-32(43-21)23-11-7-4-8-12-23)15-17-41-28-14-13-26(31-25(28)16-18-44-31)29(37)30(40-2)33(38)36-24(20-42-34(36)39)19-22-9-5-3-6-10-22/h3-14,16,18,24,29-30,37H,15,17,19-20H2,1-2H3/t24?,29-,30+/m1/s1. The van der Waals surface area contributed by atoms with Crippen molar-refractivity contribution in [2.75, 3.05) is 20.3 Å². The van der Waals surface area contributed by atoms with E-state index >= 15 is 0 Å². The number of carbonyl (C=O) groups excluding carboxylic acids is 2. The first-order chi connectivity index (χ1) is 21.4. The number of cyclic esters (lactones) is 1. The van der Waals surface area contributed by atoms with Crippen molar-refractivity contribution >= 4 is 33.4 Å². The van der Waals surface area contributed by atoms with E-state index in [2.05, 4.69) is 4.98 Å². The van der Waals surface area contributed by atoms with Crippen LogP contribution in [0.5, 0.6) is 5.75 Å². The third-order valence-electron chi connectivity index (χ3n) is 7.73. The maximum atomic E-state index is 13.6. The van der Waals surface area contributed by atoms with Gasteiger partial charge in [0.05, 0.1) is 18.3 Å². The molecule has 0 spiro atoms. The van der Waals surface area contributed by atoms with Crippen molar-refractivity contribution in [2.24, 2.45) is 0 Å². The number of nitrogens with zero attached hydrogens (tertiary/aromatic N) is 2. The Morgan fingerprint density at radius 3 is 2.59 bits per heavy atom. The van der Waals surface area contributed by atoms with Crippen molar-refractivity contribution in [3.05, 3.63) is 107 Å². The average Bonchev–Trinajstić information content (AvgIpc) is 3.77. The minimum atomic E-state index is -1.33. The van der Waals surface area contributed by atoms with Crippen LogP contribution in [0.1, 0.15) is 28.7 Å². The molecule has 0 bridgehead atoms. The van der Waals surface area contributed by atoms with Gasteiger partial charge in [-0.25, -0.2) is 14.7 Å². The van der Waals surface area contributed by atoms with Gasteiger partial charge in [-0.2, -0.15) is 0 Å². The Morgan fingerprint density at radius 2 is 1.84 bits per heavy atom. The van der Waals surface area contributed by atoms with Gasteiger partial charge in [-0.15, -0.1) is 11.3 Å². The molecule has 10 heteroatoms. The number of carbonyl (C=O) groups is 2. The number of methoxy groups -OCH3 is 1. The highest BCUT2D eigenvalue weighted by atomic mass is 32.1. The summed E-state index contributed by atoms with van der Waals surface area (Å²) in [5.41, 5.74) is 3.21. The third kappa shape index (κ3) is 5.96. The summed E-state index contributed by atoms with van der Waals surface area (Å²) in [5, 5.41) is 14.2. The number of hydrogen-bond acceptors (Lipinski definition) is 9. The molecule has 6 rings (SSSR count). The summed E-state index contributed by atoms with van der Waals surface area (Å²) in [6.07, 6.45) is -2.40. The molecule has 2 amide bonds. The van der Waals surface area contributed by atoms with E-state index in [4.69, 9.17) is 18.6 Å². The van der Waals surface area contributed by atoms with Crippen LogP contribution >= 0.6 is 11.3 Å². The van der Waals surface area contributed by atoms with Crippen LogP contribution in [0, 0.1) is 6.92 Å². The predicted octanol–water partition coefficient (Wildman–Crippen LogP) is 6.12. The van der Waals surface area contributed by atoms with Gasteiger partial charge in [-0.05, 0) is 48.6 Å². The van der Waals surface area contributed by atoms with Gasteiger partial charge in [0.25, 0.3) is 5.91 Å². The summed E-state index contributed by atoms with van der Waals surface area (Å²) >= 11 is 1.42. The fraction of sp³-hybridized carbons (Fsp3) is 0.265. The van der Waals surface area contributed by atoms with Crippen molar-refractivity contribution in [2.45, 2.75) is 38.0 Å². The van der Waals surface area contributed by atoms with E-state index in [1.54, 1.807) is 12.1 Å². The first kappa shape index (κ1) is 29.6. The molecule has 3 heterocycles. The van der Waals surface area contributed by atoms with Gasteiger partial charge in [0.2, 0.25) is 5.89 Å². The molecule has 1 aliphatic heterocycles. The number of benzene rings is 3. The minimum absolute atomic E-state index is 0.0780. The molecule has 0 saturated carbocycles. The average molecular weight is 613 g/mol. The van der Waals surface area contributed by atoms with Crippen LogP contribution < -0.4 is 4.74 Å². The fourth-order valence-electron chi connectivity index (χ4n) is 5.47. The van der Waals surface area contributed by atoms with Gasteiger partial charge < -0.3 is 23.7 Å². The number of imide groups is 1. The molecule has 1 unspecified atom stereocenters. The predicted molar refractivity (Wildman–Crippen MR) is 166 cm³/mol. The smallest absolute Gasteiger partial charge is 0.417 e. The molecule has 3 aromatic carbocycles. The van der Waals surface area contributed by atoms with Gasteiger partial charge in [0.1, 0.15) is 24.2 Å². The zero-order chi connectivity index (χ0) is 30.6. The molecule has 226 valence electrons. The summed E-state index contributed by atoms with van der Waals surface area (Å²) in [7, 11) is 1.34. The number of amides is 2.